The van der Waals surface area contributed by atoms with E-state index in [1.54, 1.807) is 18.1 Å². The lowest BCUT2D eigenvalue weighted by atomic mass is 9.98. The summed E-state index contributed by atoms with van der Waals surface area (Å²) in [6, 6.07) is 8.22. The number of guanidine groups is 1. The average Bonchev–Trinajstić information content (AvgIpc) is 3.26. The zero-order valence-corrected chi connectivity index (χ0v) is 18.8. The van der Waals surface area contributed by atoms with Crippen LogP contribution in [-0.2, 0) is 11.3 Å². The van der Waals surface area contributed by atoms with E-state index in [2.05, 4.69) is 37.8 Å². The van der Waals surface area contributed by atoms with E-state index in [-0.39, 0.29) is 24.0 Å². The summed E-state index contributed by atoms with van der Waals surface area (Å²) in [6.07, 6.45) is 11.2. The van der Waals surface area contributed by atoms with Crippen molar-refractivity contribution in [2.75, 3.05) is 20.2 Å². The first-order chi connectivity index (χ1) is 13.3. The highest BCUT2D eigenvalue weighted by Gasteiger charge is 2.12. The van der Waals surface area contributed by atoms with Gasteiger partial charge in [0, 0.05) is 26.7 Å². The minimum absolute atomic E-state index is 0. The molecule has 1 heterocycles. The number of benzene rings is 1. The summed E-state index contributed by atoms with van der Waals surface area (Å²) >= 11 is 0. The molecule has 1 saturated carbocycles. The first-order valence-corrected chi connectivity index (χ1v) is 9.85. The predicted molar refractivity (Wildman–Crippen MR) is 122 cm³/mol. The molecule has 0 bridgehead atoms. The molecule has 8 heteroatoms. The Morgan fingerprint density at radius 2 is 1.96 bits per heavy atom. The van der Waals surface area contributed by atoms with Crippen LogP contribution in [0.15, 0.2) is 41.9 Å². The summed E-state index contributed by atoms with van der Waals surface area (Å²) < 4.78 is 7.70. The van der Waals surface area contributed by atoms with Gasteiger partial charge in [0.25, 0.3) is 0 Å². The minimum atomic E-state index is 0. The number of ether oxygens (including phenoxy) is 1. The number of hydrogen-bond acceptors (Lipinski definition) is 4. The standard InChI is InChI=1S/C20H30N6O.HI/c1-21-20(23-12-5-13-27-19-6-3-2-4-7-19)24-14-17-8-10-18(11-9-17)26-16-22-15-25-26;/h8-11,15-16,19H,2-7,12-14H2,1H3,(H2,21,23,24);1H. The van der Waals surface area contributed by atoms with Gasteiger partial charge in [0.2, 0.25) is 0 Å². The van der Waals surface area contributed by atoms with Crippen molar-refractivity contribution in [2.24, 2.45) is 4.99 Å². The van der Waals surface area contributed by atoms with Crippen LogP contribution >= 0.6 is 24.0 Å². The lowest BCUT2D eigenvalue weighted by Gasteiger charge is -2.22. The maximum atomic E-state index is 5.96. The van der Waals surface area contributed by atoms with Crippen molar-refractivity contribution in [1.82, 2.24) is 25.4 Å². The van der Waals surface area contributed by atoms with Gasteiger partial charge in [-0.1, -0.05) is 31.4 Å². The molecule has 0 unspecified atom stereocenters. The van der Waals surface area contributed by atoms with Crippen LogP contribution in [0.4, 0.5) is 0 Å². The third-order valence-electron chi connectivity index (χ3n) is 4.82. The first-order valence-electron chi connectivity index (χ1n) is 9.85. The van der Waals surface area contributed by atoms with E-state index in [0.29, 0.717) is 6.10 Å². The number of nitrogens with zero attached hydrogens (tertiary/aromatic N) is 4. The van der Waals surface area contributed by atoms with Crippen molar-refractivity contribution < 1.29 is 4.74 Å². The topological polar surface area (TPSA) is 76.4 Å². The highest BCUT2D eigenvalue weighted by atomic mass is 127. The highest BCUT2D eigenvalue weighted by molar-refractivity contribution is 14.0. The molecule has 1 aliphatic rings. The molecule has 2 N–H and O–H groups in total. The second kappa shape index (κ2) is 12.7. The van der Waals surface area contributed by atoms with Crippen molar-refractivity contribution >= 4 is 29.9 Å². The maximum absolute atomic E-state index is 5.96. The minimum Gasteiger partial charge on any atom is -0.378 e. The number of aromatic nitrogens is 3. The van der Waals surface area contributed by atoms with Gasteiger partial charge in [-0.3, -0.25) is 4.99 Å². The number of aliphatic imine (C=N–C) groups is 1. The Balaban J connectivity index is 0.00000280. The van der Waals surface area contributed by atoms with Gasteiger partial charge in [-0.25, -0.2) is 9.67 Å². The summed E-state index contributed by atoms with van der Waals surface area (Å²) in [6.45, 7) is 2.39. The number of nitrogens with one attached hydrogen (secondary N) is 2. The van der Waals surface area contributed by atoms with E-state index in [0.717, 1.165) is 37.8 Å². The Hall–Kier alpha value is -1.68. The summed E-state index contributed by atoms with van der Waals surface area (Å²) in [7, 11) is 1.79. The van der Waals surface area contributed by atoms with E-state index in [9.17, 15) is 0 Å². The molecule has 154 valence electrons. The summed E-state index contributed by atoms with van der Waals surface area (Å²) in [5.41, 5.74) is 2.18. The van der Waals surface area contributed by atoms with Crippen molar-refractivity contribution in [1.29, 1.82) is 0 Å². The molecule has 0 aliphatic heterocycles. The van der Waals surface area contributed by atoms with Crippen LogP contribution in [0.5, 0.6) is 0 Å². The molecule has 1 fully saturated rings. The third kappa shape index (κ3) is 7.38. The van der Waals surface area contributed by atoms with Crippen LogP contribution < -0.4 is 10.6 Å². The summed E-state index contributed by atoms with van der Waals surface area (Å²) in [5, 5.41) is 10.8. The molecule has 2 aromatic rings. The largest absolute Gasteiger partial charge is 0.378 e. The molecule has 0 spiro atoms. The van der Waals surface area contributed by atoms with Crippen molar-refractivity contribution in [3.63, 3.8) is 0 Å². The van der Waals surface area contributed by atoms with Gasteiger partial charge in [-0.15, -0.1) is 24.0 Å². The van der Waals surface area contributed by atoms with Crippen LogP contribution in [0.3, 0.4) is 0 Å². The van der Waals surface area contributed by atoms with Gasteiger partial charge in [0.1, 0.15) is 12.7 Å². The quantitative estimate of drug-likeness (QED) is 0.253. The Labute approximate surface area is 184 Å². The second-order valence-corrected chi connectivity index (χ2v) is 6.84. The lowest BCUT2D eigenvalue weighted by Crippen LogP contribution is -2.37. The fourth-order valence-corrected chi connectivity index (χ4v) is 3.28. The molecular formula is C20H31IN6O. The highest BCUT2D eigenvalue weighted by Crippen LogP contribution is 2.20. The van der Waals surface area contributed by atoms with Gasteiger partial charge in [-0.2, -0.15) is 5.10 Å². The van der Waals surface area contributed by atoms with E-state index in [1.165, 1.54) is 44.0 Å². The molecule has 1 aromatic heterocycles. The number of hydrogen-bond donors (Lipinski definition) is 2. The Morgan fingerprint density at radius 1 is 1.18 bits per heavy atom. The molecule has 1 aromatic carbocycles. The molecule has 1 aliphatic carbocycles. The zero-order chi connectivity index (χ0) is 18.7. The maximum Gasteiger partial charge on any atom is 0.191 e. The lowest BCUT2D eigenvalue weighted by molar-refractivity contribution is 0.0277. The average molecular weight is 498 g/mol. The van der Waals surface area contributed by atoms with Crippen molar-refractivity contribution in [3.8, 4) is 5.69 Å². The fourth-order valence-electron chi connectivity index (χ4n) is 3.28. The van der Waals surface area contributed by atoms with E-state index < -0.39 is 0 Å². The Bertz CT molecular complexity index is 683. The third-order valence-corrected chi connectivity index (χ3v) is 4.82. The van der Waals surface area contributed by atoms with Crippen LogP contribution in [0.1, 0.15) is 44.1 Å². The van der Waals surface area contributed by atoms with Crippen LogP contribution in [0.2, 0.25) is 0 Å². The fraction of sp³-hybridized carbons (Fsp3) is 0.550. The van der Waals surface area contributed by atoms with Gasteiger partial charge in [0.15, 0.2) is 5.96 Å². The molecular weight excluding hydrogens is 467 g/mol. The van der Waals surface area contributed by atoms with Crippen LogP contribution in [0, 0.1) is 0 Å². The zero-order valence-electron chi connectivity index (χ0n) is 16.5. The molecule has 7 nitrogen and oxygen atoms in total. The van der Waals surface area contributed by atoms with Crippen LogP contribution in [-0.4, -0.2) is 47.0 Å². The Morgan fingerprint density at radius 3 is 2.64 bits per heavy atom. The summed E-state index contributed by atoms with van der Waals surface area (Å²) in [4.78, 5) is 8.25. The van der Waals surface area contributed by atoms with Crippen LogP contribution in [0.25, 0.3) is 5.69 Å². The van der Waals surface area contributed by atoms with Gasteiger partial charge in [-0.05, 0) is 37.0 Å². The van der Waals surface area contributed by atoms with E-state index >= 15 is 0 Å². The first kappa shape index (κ1) is 22.6. The molecule has 0 saturated heterocycles. The van der Waals surface area contributed by atoms with E-state index in [1.807, 2.05) is 12.1 Å². The van der Waals surface area contributed by atoms with Gasteiger partial charge in [0.05, 0.1) is 11.8 Å². The van der Waals surface area contributed by atoms with Crippen molar-refractivity contribution in [3.05, 3.63) is 42.5 Å². The normalized spacial score (nSPS) is 15.1. The predicted octanol–water partition coefficient (Wildman–Crippen LogP) is 3.29. The molecule has 0 atom stereocenters. The second-order valence-electron chi connectivity index (χ2n) is 6.84. The van der Waals surface area contributed by atoms with E-state index in [4.69, 9.17) is 4.74 Å². The van der Waals surface area contributed by atoms with Gasteiger partial charge < -0.3 is 15.4 Å². The van der Waals surface area contributed by atoms with Crippen molar-refractivity contribution in [2.45, 2.75) is 51.2 Å². The monoisotopic (exact) mass is 498 g/mol. The molecule has 0 radical (unpaired) electrons. The smallest absolute Gasteiger partial charge is 0.191 e. The summed E-state index contributed by atoms with van der Waals surface area (Å²) in [5.74, 6) is 0.813. The molecule has 3 rings (SSSR count). The number of halogens is 1. The molecule has 0 amide bonds. The van der Waals surface area contributed by atoms with Gasteiger partial charge >= 0.3 is 0 Å². The number of rotatable bonds is 8. The Kier molecular flexibility index (Phi) is 10.3. The SMILES string of the molecule is CN=C(NCCCOC1CCCCC1)NCc1ccc(-n2cncn2)cc1.I. The molecule has 28 heavy (non-hydrogen) atoms.